The lowest BCUT2D eigenvalue weighted by Crippen LogP contribution is -2.21. The standard InChI is InChI=1S/C16H22N2OS/c1-5-14(6-2)18-12(3)11-20-16(18)17-13-8-7-9-15(10-13)19-4/h7-11,14H,5-6H2,1-4H3. The van der Waals surface area contributed by atoms with Gasteiger partial charge in [0.2, 0.25) is 0 Å². The van der Waals surface area contributed by atoms with E-state index in [0.717, 1.165) is 29.1 Å². The molecule has 0 spiro atoms. The predicted molar refractivity (Wildman–Crippen MR) is 84.9 cm³/mol. The van der Waals surface area contributed by atoms with E-state index in [-0.39, 0.29) is 0 Å². The van der Waals surface area contributed by atoms with Crippen molar-refractivity contribution in [1.82, 2.24) is 4.57 Å². The number of rotatable bonds is 5. The summed E-state index contributed by atoms with van der Waals surface area (Å²) < 4.78 is 7.61. The van der Waals surface area contributed by atoms with Gasteiger partial charge in [-0.3, -0.25) is 0 Å². The van der Waals surface area contributed by atoms with Gasteiger partial charge >= 0.3 is 0 Å². The van der Waals surface area contributed by atoms with Crippen molar-refractivity contribution in [3.8, 4) is 5.75 Å². The van der Waals surface area contributed by atoms with E-state index in [1.165, 1.54) is 5.69 Å². The molecule has 0 atom stereocenters. The number of hydrogen-bond donors (Lipinski definition) is 0. The van der Waals surface area contributed by atoms with Gasteiger partial charge in [-0.05, 0) is 31.9 Å². The summed E-state index contributed by atoms with van der Waals surface area (Å²) in [6.07, 6.45) is 2.25. The molecule has 0 saturated carbocycles. The van der Waals surface area contributed by atoms with Crippen LogP contribution >= 0.6 is 11.3 Å². The SMILES string of the molecule is CCC(CC)n1c(C)csc1=Nc1cccc(OC)c1. The molecule has 0 unspecified atom stereocenters. The van der Waals surface area contributed by atoms with Crippen molar-refractivity contribution in [3.63, 3.8) is 0 Å². The van der Waals surface area contributed by atoms with Crippen LogP contribution < -0.4 is 9.54 Å². The highest BCUT2D eigenvalue weighted by Gasteiger charge is 2.10. The van der Waals surface area contributed by atoms with Gasteiger partial charge in [-0.1, -0.05) is 19.9 Å². The Labute approximate surface area is 124 Å². The summed E-state index contributed by atoms with van der Waals surface area (Å²) in [4.78, 5) is 5.85. The Kier molecular flexibility index (Phi) is 5.01. The van der Waals surface area contributed by atoms with Gasteiger partial charge in [0.15, 0.2) is 4.80 Å². The summed E-state index contributed by atoms with van der Waals surface area (Å²) >= 11 is 1.70. The van der Waals surface area contributed by atoms with Crippen LogP contribution in [0.4, 0.5) is 5.69 Å². The molecule has 0 N–H and O–H groups in total. The van der Waals surface area contributed by atoms with E-state index in [1.807, 2.05) is 24.3 Å². The lowest BCUT2D eigenvalue weighted by molar-refractivity contribution is 0.415. The predicted octanol–water partition coefficient (Wildman–Crippen LogP) is 4.46. The summed E-state index contributed by atoms with van der Waals surface area (Å²) in [6, 6.07) is 8.40. The Hall–Kier alpha value is -1.55. The van der Waals surface area contributed by atoms with Crippen molar-refractivity contribution in [2.45, 2.75) is 39.7 Å². The number of benzene rings is 1. The number of nitrogens with zero attached hydrogens (tertiary/aromatic N) is 2. The topological polar surface area (TPSA) is 26.5 Å². The maximum atomic E-state index is 5.25. The van der Waals surface area contributed by atoms with Crippen LogP contribution in [-0.4, -0.2) is 11.7 Å². The molecule has 1 aromatic heterocycles. The Morgan fingerprint density at radius 3 is 2.70 bits per heavy atom. The molecule has 3 nitrogen and oxygen atoms in total. The van der Waals surface area contributed by atoms with Crippen molar-refractivity contribution in [1.29, 1.82) is 0 Å². The van der Waals surface area contributed by atoms with E-state index in [2.05, 4.69) is 30.7 Å². The van der Waals surface area contributed by atoms with Crippen LogP contribution in [0.15, 0.2) is 34.6 Å². The minimum atomic E-state index is 0.519. The van der Waals surface area contributed by atoms with Gasteiger partial charge in [-0.25, -0.2) is 4.99 Å². The van der Waals surface area contributed by atoms with Crippen LogP contribution in [0.5, 0.6) is 5.75 Å². The van der Waals surface area contributed by atoms with Gasteiger partial charge < -0.3 is 9.30 Å². The Bertz CT molecular complexity index is 623. The first-order valence-corrected chi connectivity index (χ1v) is 7.93. The number of thiazole rings is 1. The first kappa shape index (κ1) is 14.9. The fraction of sp³-hybridized carbons (Fsp3) is 0.438. The van der Waals surface area contributed by atoms with Gasteiger partial charge in [-0.15, -0.1) is 11.3 Å². The average Bonchev–Trinajstić information content (AvgIpc) is 2.82. The zero-order valence-corrected chi connectivity index (χ0v) is 13.4. The molecule has 4 heteroatoms. The largest absolute Gasteiger partial charge is 0.497 e. The molecular formula is C16H22N2OS. The second-order valence-corrected chi connectivity index (χ2v) is 5.65. The molecule has 108 valence electrons. The summed E-state index contributed by atoms with van der Waals surface area (Å²) in [5, 5.41) is 2.18. The lowest BCUT2D eigenvalue weighted by atomic mass is 10.1. The van der Waals surface area contributed by atoms with Crippen molar-refractivity contribution < 1.29 is 4.74 Å². The fourth-order valence-electron chi connectivity index (χ4n) is 2.37. The third kappa shape index (κ3) is 3.12. The van der Waals surface area contributed by atoms with Crippen molar-refractivity contribution in [2.75, 3.05) is 7.11 Å². The second kappa shape index (κ2) is 6.75. The smallest absolute Gasteiger partial charge is 0.190 e. The molecule has 0 bridgehead atoms. The number of hydrogen-bond acceptors (Lipinski definition) is 3. The van der Waals surface area contributed by atoms with Crippen LogP contribution in [0.1, 0.15) is 38.4 Å². The molecule has 0 radical (unpaired) electrons. The fourth-order valence-corrected chi connectivity index (χ4v) is 3.33. The zero-order valence-electron chi connectivity index (χ0n) is 12.6. The van der Waals surface area contributed by atoms with Crippen LogP contribution in [-0.2, 0) is 0 Å². The highest BCUT2D eigenvalue weighted by Crippen LogP contribution is 2.21. The van der Waals surface area contributed by atoms with E-state index in [4.69, 9.17) is 9.73 Å². The van der Waals surface area contributed by atoms with Crippen molar-refractivity contribution in [2.24, 2.45) is 4.99 Å². The molecule has 1 aromatic carbocycles. The maximum absolute atomic E-state index is 5.25. The quantitative estimate of drug-likeness (QED) is 0.798. The van der Waals surface area contributed by atoms with Crippen LogP contribution in [0, 0.1) is 6.92 Å². The molecule has 0 fully saturated rings. The zero-order chi connectivity index (χ0) is 14.5. The van der Waals surface area contributed by atoms with Crippen molar-refractivity contribution >= 4 is 17.0 Å². The van der Waals surface area contributed by atoms with E-state index < -0.39 is 0 Å². The van der Waals surface area contributed by atoms with Crippen LogP contribution in [0.2, 0.25) is 0 Å². The number of aryl methyl sites for hydroxylation is 1. The summed E-state index contributed by atoms with van der Waals surface area (Å²) in [5.41, 5.74) is 2.22. The Morgan fingerprint density at radius 2 is 2.05 bits per heavy atom. The molecule has 1 heterocycles. The molecular weight excluding hydrogens is 268 g/mol. The summed E-state index contributed by atoms with van der Waals surface area (Å²) in [7, 11) is 1.68. The highest BCUT2D eigenvalue weighted by atomic mass is 32.1. The molecule has 0 saturated heterocycles. The first-order chi connectivity index (χ1) is 9.69. The summed E-state index contributed by atoms with van der Waals surface area (Å²) in [6.45, 7) is 6.61. The van der Waals surface area contributed by atoms with Crippen molar-refractivity contribution in [3.05, 3.63) is 40.1 Å². The van der Waals surface area contributed by atoms with E-state index in [0.29, 0.717) is 6.04 Å². The van der Waals surface area contributed by atoms with Crippen LogP contribution in [0.3, 0.4) is 0 Å². The van der Waals surface area contributed by atoms with Gasteiger partial charge in [0.05, 0.1) is 12.8 Å². The minimum absolute atomic E-state index is 0.519. The third-order valence-corrected chi connectivity index (χ3v) is 4.46. The molecule has 0 aliphatic carbocycles. The molecule has 20 heavy (non-hydrogen) atoms. The van der Waals surface area contributed by atoms with E-state index in [9.17, 15) is 0 Å². The highest BCUT2D eigenvalue weighted by molar-refractivity contribution is 7.07. The van der Waals surface area contributed by atoms with Gasteiger partial charge in [0.25, 0.3) is 0 Å². The molecule has 2 rings (SSSR count). The van der Waals surface area contributed by atoms with Gasteiger partial charge in [0, 0.05) is 23.2 Å². The van der Waals surface area contributed by atoms with Gasteiger partial charge in [-0.2, -0.15) is 0 Å². The third-order valence-electron chi connectivity index (χ3n) is 3.51. The average molecular weight is 290 g/mol. The maximum Gasteiger partial charge on any atom is 0.190 e. The minimum Gasteiger partial charge on any atom is -0.497 e. The van der Waals surface area contributed by atoms with E-state index >= 15 is 0 Å². The first-order valence-electron chi connectivity index (χ1n) is 7.05. The number of ether oxygens (including phenoxy) is 1. The second-order valence-electron chi connectivity index (χ2n) is 4.81. The Balaban J connectivity index is 2.49. The number of aromatic nitrogens is 1. The summed E-state index contributed by atoms with van der Waals surface area (Å²) in [5.74, 6) is 0.841. The monoisotopic (exact) mass is 290 g/mol. The molecule has 0 aliphatic heterocycles. The molecule has 2 aromatic rings. The van der Waals surface area contributed by atoms with Gasteiger partial charge in [0.1, 0.15) is 5.75 Å². The normalized spacial score (nSPS) is 12.2. The number of methoxy groups -OCH3 is 1. The lowest BCUT2D eigenvalue weighted by Gasteiger charge is -2.16. The van der Waals surface area contributed by atoms with Crippen LogP contribution in [0.25, 0.3) is 0 Å². The Morgan fingerprint density at radius 1 is 1.30 bits per heavy atom. The molecule has 0 aliphatic rings. The van der Waals surface area contributed by atoms with E-state index in [1.54, 1.807) is 18.4 Å². The molecule has 0 amide bonds.